The van der Waals surface area contributed by atoms with E-state index < -0.39 is 0 Å². The lowest BCUT2D eigenvalue weighted by Gasteiger charge is -1.99. The first-order valence-corrected chi connectivity index (χ1v) is 5.36. The van der Waals surface area contributed by atoms with Gasteiger partial charge in [-0.15, -0.1) is 11.8 Å². The fraction of sp³-hybridized carbons (Fsp3) is 0.0909. The van der Waals surface area contributed by atoms with Crippen molar-refractivity contribution >= 4 is 11.8 Å². The minimum atomic E-state index is 0.944. The first-order chi connectivity index (χ1) is 6.95. The van der Waals surface area contributed by atoms with E-state index in [1.807, 2.05) is 18.2 Å². The van der Waals surface area contributed by atoms with Gasteiger partial charge in [0.2, 0.25) is 0 Å². The number of thioether (sulfide) groups is 1. The van der Waals surface area contributed by atoms with Gasteiger partial charge in [0.25, 0.3) is 0 Å². The zero-order valence-corrected chi connectivity index (χ0v) is 8.45. The zero-order chi connectivity index (χ0) is 9.64. The van der Waals surface area contributed by atoms with Gasteiger partial charge in [-0.3, -0.25) is 4.98 Å². The fourth-order valence-electron chi connectivity index (χ4n) is 1.09. The van der Waals surface area contributed by atoms with Gasteiger partial charge in [0.15, 0.2) is 0 Å². The summed E-state index contributed by atoms with van der Waals surface area (Å²) in [6, 6.07) is 10.3. The van der Waals surface area contributed by atoms with Gasteiger partial charge in [0.1, 0.15) is 5.03 Å². The Kier molecular flexibility index (Phi) is 3.14. The molecule has 0 atom stereocenters. The van der Waals surface area contributed by atoms with Crippen LogP contribution in [0.15, 0.2) is 53.9 Å². The first-order valence-electron chi connectivity index (χ1n) is 4.38. The molecule has 0 aliphatic heterocycles. The molecule has 1 aromatic carbocycles. The molecule has 0 amide bonds. The van der Waals surface area contributed by atoms with Crippen LogP contribution in [0.3, 0.4) is 0 Å². The van der Waals surface area contributed by atoms with Gasteiger partial charge in [-0.1, -0.05) is 30.3 Å². The van der Waals surface area contributed by atoms with Gasteiger partial charge in [0.05, 0.1) is 6.20 Å². The molecule has 70 valence electrons. The number of hydrogen-bond donors (Lipinski definition) is 0. The van der Waals surface area contributed by atoms with Crippen molar-refractivity contribution in [1.29, 1.82) is 0 Å². The Morgan fingerprint density at radius 2 is 1.93 bits per heavy atom. The van der Waals surface area contributed by atoms with Crippen molar-refractivity contribution in [1.82, 2.24) is 9.97 Å². The van der Waals surface area contributed by atoms with E-state index in [-0.39, 0.29) is 0 Å². The summed E-state index contributed by atoms with van der Waals surface area (Å²) in [7, 11) is 0. The first kappa shape index (κ1) is 9.21. The molecule has 0 spiro atoms. The third-order valence-electron chi connectivity index (χ3n) is 1.77. The largest absolute Gasteiger partial charge is 0.260 e. The van der Waals surface area contributed by atoms with Crippen LogP contribution in [0.5, 0.6) is 0 Å². The second-order valence-corrected chi connectivity index (χ2v) is 3.81. The van der Waals surface area contributed by atoms with Crippen molar-refractivity contribution < 1.29 is 0 Å². The lowest BCUT2D eigenvalue weighted by molar-refractivity contribution is 1.05. The molecule has 0 aliphatic rings. The summed E-state index contributed by atoms with van der Waals surface area (Å²) < 4.78 is 0. The van der Waals surface area contributed by atoms with Crippen LogP contribution in [-0.4, -0.2) is 9.97 Å². The van der Waals surface area contributed by atoms with E-state index in [1.165, 1.54) is 5.56 Å². The second-order valence-electron chi connectivity index (χ2n) is 2.82. The Morgan fingerprint density at radius 3 is 2.64 bits per heavy atom. The molecule has 0 fully saturated rings. The van der Waals surface area contributed by atoms with E-state index in [0.717, 1.165) is 10.8 Å². The maximum absolute atomic E-state index is 4.19. The molecule has 0 unspecified atom stereocenters. The maximum atomic E-state index is 4.19. The van der Waals surface area contributed by atoms with Crippen LogP contribution in [0.2, 0.25) is 0 Å². The molecular formula is C11H10N2S. The second kappa shape index (κ2) is 4.77. The summed E-state index contributed by atoms with van der Waals surface area (Å²) in [5, 5.41) is 0.969. The van der Waals surface area contributed by atoms with Crippen molar-refractivity contribution in [2.45, 2.75) is 10.8 Å². The number of nitrogens with zero attached hydrogens (tertiary/aromatic N) is 2. The predicted octanol–water partition coefficient (Wildman–Crippen LogP) is 2.77. The van der Waals surface area contributed by atoms with Crippen LogP contribution >= 0.6 is 11.8 Å². The number of aromatic nitrogens is 2. The third kappa shape index (κ3) is 2.57. The van der Waals surface area contributed by atoms with E-state index in [9.17, 15) is 0 Å². The molecule has 1 aromatic heterocycles. The molecule has 0 saturated heterocycles. The van der Waals surface area contributed by atoms with Crippen molar-refractivity contribution in [3.05, 3.63) is 54.5 Å². The van der Waals surface area contributed by atoms with Crippen LogP contribution in [0.1, 0.15) is 5.56 Å². The van der Waals surface area contributed by atoms with Gasteiger partial charge in [-0.2, -0.15) is 0 Å². The van der Waals surface area contributed by atoms with Crippen LogP contribution in [0.4, 0.5) is 0 Å². The molecule has 3 heteroatoms. The highest BCUT2D eigenvalue weighted by Crippen LogP contribution is 2.18. The van der Waals surface area contributed by atoms with Crippen LogP contribution in [-0.2, 0) is 5.75 Å². The minimum absolute atomic E-state index is 0.944. The summed E-state index contributed by atoms with van der Waals surface area (Å²) >= 11 is 1.70. The van der Waals surface area contributed by atoms with E-state index in [1.54, 1.807) is 30.4 Å². The van der Waals surface area contributed by atoms with Gasteiger partial charge >= 0.3 is 0 Å². The quantitative estimate of drug-likeness (QED) is 0.716. The molecule has 0 radical (unpaired) electrons. The summed E-state index contributed by atoms with van der Waals surface area (Å²) in [5.41, 5.74) is 1.31. The van der Waals surface area contributed by atoms with Crippen LogP contribution < -0.4 is 0 Å². The highest BCUT2D eigenvalue weighted by Gasteiger charge is 1.95. The highest BCUT2D eigenvalue weighted by atomic mass is 32.2. The van der Waals surface area contributed by atoms with Crippen molar-refractivity contribution in [2.24, 2.45) is 0 Å². The molecule has 0 N–H and O–H groups in total. The van der Waals surface area contributed by atoms with E-state index >= 15 is 0 Å². The van der Waals surface area contributed by atoms with Crippen LogP contribution in [0.25, 0.3) is 0 Å². The monoisotopic (exact) mass is 202 g/mol. The van der Waals surface area contributed by atoms with E-state index in [2.05, 4.69) is 22.1 Å². The Balaban J connectivity index is 1.96. The number of hydrogen-bond acceptors (Lipinski definition) is 3. The topological polar surface area (TPSA) is 25.8 Å². The number of benzene rings is 1. The summed E-state index contributed by atoms with van der Waals surface area (Å²) in [5.74, 6) is 0.944. The highest BCUT2D eigenvalue weighted by molar-refractivity contribution is 7.98. The molecule has 2 nitrogen and oxygen atoms in total. The molecule has 2 aromatic rings. The Labute approximate surface area is 87.4 Å². The molecule has 0 bridgehead atoms. The van der Waals surface area contributed by atoms with E-state index in [4.69, 9.17) is 0 Å². The zero-order valence-electron chi connectivity index (χ0n) is 7.63. The Hall–Kier alpha value is -1.35. The third-order valence-corrected chi connectivity index (χ3v) is 2.75. The molecule has 0 aliphatic carbocycles. The number of rotatable bonds is 3. The van der Waals surface area contributed by atoms with Gasteiger partial charge < -0.3 is 0 Å². The average Bonchev–Trinajstić information content (AvgIpc) is 2.29. The normalized spacial score (nSPS) is 10.0. The standard InChI is InChI=1S/C11H10N2S/c1-2-4-10(5-3-1)9-14-11-8-12-6-7-13-11/h1-8H,9H2. The fourth-order valence-corrected chi connectivity index (χ4v) is 1.87. The van der Waals surface area contributed by atoms with Crippen molar-refractivity contribution in [3.8, 4) is 0 Å². The predicted molar refractivity (Wildman–Crippen MR) is 58.0 cm³/mol. The van der Waals surface area contributed by atoms with Gasteiger partial charge in [-0.05, 0) is 5.56 Å². The molecule has 14 heavy (non-hydrogen) atoms. The van der Waals surface area contributed by atoms with Crippen molar-refractivity contribution in [2.75, 3.05) is 0 Å². The minimum Gasteiger partial charge on any atom is -0.260 e. The maximum Gasteiger partial charge on any atom is 0.115 e. The van der Waals surface area contributed by atoms with Crippen molar-refractivity contribution in [3.63, 3.8) is 0 Å². The summed E-state index contributed by atoms with van der Waals surface area (Å²) in [6.45, 7) is 0. The smallest absolute Gasteiger partial charge is 0.115 e. The summed E-state index contributed by atoms with van der Waals surface area (Å²) in [4.78, 5) is 8.21. The van der Waals surface area contributed by atoms with Crippen LogP contribution in [0, 0.1) is 0 Å². The molecule has 1 heterocycles. The lowest BCUT2D eigenvalue weighted by atomic mass is 10.2. The lowest BCUT2D eigenvalue weighted by Crippen LogP contribution is -1.83. The molecule has 2 rings (SSSR count). The average molecular weight is 202 g/mol. The molecule has 0 saturated carbocycles. The summed E-state index contributed by atoms with van der Waals surface area (Å²) in [6.07, 6.45) is 5.19. The SMILES string of the molecule is c1ccc(CSc2cnccn2)cc1. The van der Waals surface area contributed by atoms with Gasteiger partial charge in [-0.25, -0.2) is 4.98 Å². The molecular weight excluding hydrogens is 192 g/mol. The van der Waals surface area contributed by atoms with Gasteiger partial charge in [0, 0.05) is 18.1 Å². The Morgan fingerprint density at radius 1 is 1.07 bits per heavy atom. The Bertz CT molecular complexity index is 336. The van der Waals surface area contributed by atoms with E-state index in [0.29, 0.717) is 0 Å².